The molecule has 0 heterocycles. The van der Waals surface area contributed by atoms with Crippen LogP contribution < -0.4 is 5.32 Å². The zero-order valence-electron chi connectivity index (χ0n) is 17.6. The van der Waals surface area contributed by atoms with Crippen LogP contribution in [-0.2, 0) is 4.79 Å². The maximum Gasteiger partial charge on any atom is 0.136 e. The van der Waals surface area contributed by atoms with Crippen molar-refractivity contribution in [3.8, 4) is 0 Å². The summed E-state index contributed by atoms with van der Waals surface area (Å²) < 4.78 is 0. The van der Waals surface area contributed by atoms with E-state index in [1.165, 1.54) is 44.1 Å². The third-order valence-electron chi connectivity index (χ3n) is 11.0. The van der Waals surface area contributed by atoms with Gasteiger partial charge in [-0.15, -0.1) is 0 Å². The molecule has 0 aliphatic heterocycles. The van der Waals surface area contributed by atoms with Gasteiger partial charge in [-0.2, -0.15) is 0 Å². The molecule has 5 aliphatic carbocycles. The van der Waals surface area contributed by atoms with Crippen molar-refractivity contribution in [1.82, 2.24) is 5.32 Å². The molecule has 3 nitrogen and oxygen atoms in total. The zero-order chi connectivity index (χ0) is 19.4. The number of aliphatic hydroxyl groups excluding tert-OH is 1. The predicted octanol–water partition coefficient (Wildman–Crippen LogP) is 4.10. The minimum atomic E-state index is -0.449. The van der Waals surface area contributed by atoms with Crippen molar-refractivity contribution < 1.29 is 9.90 Å². The van der Waals surface area contributed by atoms with Gasteiger partial charge in [0.25, 0.3) is 0 Å². The first-order valence-electron chi connectivity index (χ1n) is 11.2. The van der Waals surface area contributed by atoms with Gasteiger partial charge in [0.2, 0.25) is 0 Å². The van der Waals surface area contributed by atoms with Gasteiger partial charge in [-0.25, -0.2) is 0 Å². The number of fused-ring (bicyclic) bond motifs is 2. The maximum atomic E-state index is 12.5. The Labute approximate surface area is 164 Å². The molecular weight excluding hydrogens is 334 g/mol. The third-order valence-corrected chi connectivity index (χ3v) is 11.0. The van der Waals surface area contributed by atoms with Crippen LogP contribution in [0.1, 0.15) is 72.1 Å². The molecular formula is C24H37NO2. The monoisotopic (exact) mass is 371 g/mol. The zero-order valence-corrected chi connectivity index (χ0v) is 17.6. The fourth-order valence-corrected chi connectivity index (χ4v) is 9.75. The average Bonchev–Trinajstić information content (AvgIpc) is 3.20. The van der Waals surface area contributed by atoms with Crippen molar-refractivity contribution in [3.63, 3.8) is 0 Å². The van der Waals surface area contributed by atoms with Crippen molar-refractivity contribution >= 4 is 5.78 Å². The number of carbonyl (C=O) groups excluding carboxylic acids is 1. The van der Waals surface area contributed by atoms with Gasteiger partial charge in [-0.05, 0) is 98.8 Å². The van der Waals surface area contributed by atoms with Crippen LogP contribution in [-0.4, -0.2) is 30.1 Å². The van der Waals surface area contributed by atoms with E-state index in [0.717, 1.165) is 12.8 Å². The third kappa shape index (κ3) is 1.85. The molecule has 5 aliphatic rings. The Morgan fingerprint density at radius 1 is 1.11 bits per heavy atom. The van der Waals surface area contributed by atoms with Crippen molar-refractivity contribution in [2.24, 2.45) is 39.4 Å². The van der Waals surface area contributed by atoms with E-state index in [-0.39, 0.29) is 22.5 Å². The lowest BCUT2D eigenvalue weighted by molar-refractivity contribution is -0.141. The first kappa shape index (κ1) is 18.4. The van der Waals surface area contributed by atoms with Crippen molar-refractivity contribution in [2.45, 2.75) is 84.3 Å². The number of hydrogen-bond donors (Lipinski definition) is 2. The summed E-state index contributed by atoms with van der Waals surface area (Å²) in [6, 6.07) is 0.495. The molecule has 3 heteroatoms. The summed E-state index contributed by atoms with van der Waals surface area (Å²) in [5.74, 6) is 1.38. The summed E-state index contributed by atoms with van der Waals surface area (Å²) in [4.78, 5) is 12.5. The molecule has 0 aromatic rings. The van der Waals surface area contributed by atoms with Crippen LogP contribution >= 0.6 is 0 Å². The Bertz CT molecular complexity index is 717. The first-order valence-corrected chi connectivity index (χ1v) is 11.2. The number of carbonyl (C=O) groups is 1. The second-order valence-electron chi connectivity index (χ2n) is 11.3. The Kier molecular flexibility index (Phi) is 3.59. The minimum absolute atomic E-state index is 0.0377. The molecule has 0 bridgehead atoms. The highest BCUT2D eigenvalue weighted by molar-refractivity contribution is 5.80. The Balaban J connectivity index is 1.53. The fourth-order valence-electron chi connectivity index (χ4n) is 9.75. The summed E-state index contributed by atoms with van der Waals surface area (Å²) in [6.45, 7) is 11.0. The standard InChI is InChI=1S/C24H37NO2/c1-14-16-6-7-19-22(4)12-18(27)20(15(2)26)21(22,3)10-11-24(19)13-23(16,24)9-8-17(14)25-5/h16-20,25,27H,1,6-13H2,2-5H3/t16?,17?,18?,19?,20?,21-,22+,23-,24+/m1/s1. The molecule has 5 unspecified atom stereocenters. The lowest BCUT2D eigenvalue weighted by Gasteiger charge is -2.61. The maximum absolute atomic E-state index is 12.5. The van der Waals surface area contributed by atoms with Crippen molar-refractivity contribution in [1.29, 1.82) is 0 Å². The minimum Gasteiger partial charge on any atom is -0.392 e. The van der Waals surface area contributed by atoms with Gasteiger partial charge in [0.05, 0.1) is 6.10 Å². The number of likely N-dealkylation sites (N-methyl/N-ethyl adjacent to an activating group) is 1. The fraction of sp³-hybridized carbons (Fsp3) is 0.875. The number of hydrogen-bond acceptors (Lipinski definition) is 3. The molecule has 0 saturated heterocycles. The molecule has 5 rings (SSSR count). The van der Waals surface area contributed by atoms with E-state index in [0.29, 0.717) is 28.7 Å². The van der Waals surface area contributed by atoms with Crippen LogP contribution in [0.5, 0.6) is 0 Å². The molecule has 9 atom stereocenters. The summed E-state index contributed by atoms with van der Waals surface area (Å²) in [5.41, 5.74) is 2.45. The molecule has 27 heavy (non-hydrogen) atoms. The van der Waals surface area contributed by atoms with Gasteiger partial charge in [0.15, 0.2) is 0 Å². The van der Waals surface area contributed by atoms with Crippen LogP contribution in [0.3, 0.4) is 0 Å². The van der Waals surface area contributed by atoms with E-state index in [1.807, 2.05) is 0 Å². The van der Waals surface area contributed by atoms with Gasteiger partial charge in [0, 0.05) is 12.0 Å². The summed E-state index contributed by atoms with van der Waals surface area (Å²) in [5, 5.41) is 14.4. The Hall–Kier alpha value is -0.670. The van der Waals surface area contributed by atoms with E-state index in [9.17, 15) is 9.90 Å². The van der Waals surface area contributed by atoms with Crippen LogP contribution in [0.15, 0.2) is 12.2 Å². The van der Waals surface area contributed by atoms with E-state index in [1.54, 1.807) is 6.92 Å². The van der Waals surface area contributed by atoms with Gasteiger partial charge in [-0.3, -0.25) is 4.79 Å². The quantitative estimate of drug-likeness (QED) is 0.719. The SMILES string of the molecule is C=C1C(NC)CC[C@]23C[C@]24CC[C@]2(C)C(C(C)=O)C(O)C[C@@]2(C)C4CCC13. The molecule has 5 fully saturated rings. The molecule has 0 aromatic carbocycles. The smallest absolute Gasteiger partial charge is 0.136 e. The van der Waals surface area contributed by atoms with Gasteiger partial charge in [0.1, 0.15) is 5.78 Å². The molecule has 2 spiro atoms. The number of aliphatic hydroxyl groups is 1. The lowest BCUT2D eigenvalue weighted by atomic mass is 9.43. The highest BCUT2D eigenvalue weighted by Gasteiger charge is 2.81. The normalized spacial score (nSPS) is 58.7. The highest BCUT2D eigenvalue weighted by atomic mass is 16.3. The molecule has 0 radical (unpaired) electrons. The van der Waals surface area contributed by atoms with Crippen molar-refractivity contribution in [3.05, 3.63) is 12.2 Å². The Morgan fingerprint density at radius 2 is 1.85 bits per heavy atom. The predicted molar refractivity (Wildman–Crippen MR) is 107 cm³/mol. The molecule has 0 aromatic heterocycles. The summed E-state index contributed by atoms with van der Waals surface area (Å²) >= 11 is 0. The first-order chi connectivity index (χ1) is 12.7. The van der Waals surface area contributed by atoms with E-state index < -0.39 is 6.10 Å². The van der Waals surface area contributed by atoms with Gasteiger partial charge in [-0.1, -0.05) is 26.0 Å². The molecule has 5 saturated carbocycles. The molecule has 150 valence electrons. The van der Waals surface area contributed by atoms with E-state index in [2.05, 4.69) is 32.8 Å². The second-order valence-corrected chi connectivity index (χ2v) is 11.3. The van der Waals surface area contributed by atoms with Crippen LogP contribution in [0.4, 0.5) is 0 Å². The van der Waals surface area contributed by atoms with Gasteiger partial charge < -0.3 is 10.4 Å². The lowest BCUT2D eigenvalue weighted by Crippen LogP contribution is -2.55. The number of rotatable bonds is 2. The summed E-state index contributed by atoms with van der Waals surface area (Å²) in [7, 11) is 2.08. The number of Topliss-reactive ketones (excluding diaryl/α,β-unsaturated/α-hetero) is 1. The highest BCUT2D eigenvalue weighted by Crippen LogP contribution is 2.87. The van der Waals surface area contributed by atoms with Crippen LogP contribution in [0.25, 0.3) is 0 Å². The number of ketones is 1. The second kappa shape index (κ2) is 5.27. The molecule has 0 amide bonds. The van der Waals surface area contributed by atoms with Gasteiger partial charge >= 0.3 is 0 Å². The molecule has 2 N–H and O–H groups in total. The largest absolute Gasteiger partial charge is 0.392 e. The summed E-state index contributed by atoms with van der Waals surface area (Å²) in [6.07, 6.45) is 9.19. The topological polar surface area (TPSA) is 49.3 Å². The van der Waals surface area contributed by atoms with E-state index in [4.69, 9.17) is 0 Å². The van der Waals surface area contributed by atoms with E-state index >= 15 is 0 Å². The van der Waals surface area contributed by atoms with Crippen molar-refractivity contribution in [2.75, 3.05) is 7.05 Å². The van der Waals surface area contributed by atoms with Crippen LogP contribution in [0.2, 0.25) is 0 Å². The number of nitrogens with one attached hydrogen (secondary N) is 1. The van der Waals surface area contributed by atoms with Crippen LogP contribution in [0, 0.1) is 39.4 Å². The Morgan fingerprint density at radius 3 is 2.52 bits per heavy atom. The average molecular weight is 372 g/mol.